The van der Waals surface area contributed by atoms with Crippen molar-refractivity contribution in [2.75, 3.05) is 34.5 Å². The summed E-state index contributed by atoms with van der Waals surface area (Å²) in [6.07, 6.45) is 3.73. The van der Waals surface area contributed by atoms with Gasteiger partial charge in [0.1, 0.15) is 13.2 Å². The van der Waals surface area contributed by atoms with Crippen molar-refractivity contribution >= 4 is 111 Å². The summed E-state index contributed by atoms with van der Waals surface area (Å²) in [7, 11) is 0. The van der Waals surface area contributed by atoms with E-state index in [1.807, 2.05) is 115 Å². The van der Waals surface area contributed by atoms with Crippen LogP contribution >= 0.6 is 0 Å². The number of hydrogen-bond donors (Lipinski definition) is 8. The van der Waals surface area contributed by atoms with Gasteiger partial charge >= 0.3 is 35.8 Å². The second kappa shape index (κ2) is 44.1. The third kappa shape index (κ3) is 25.6. The molecule has 127 heavy (non-hydrogen) atoms. The molecule has 0 aliphatic heterocycles. The molecule has 2 unspecified atom stereocenters. The van der Waals surface area contributed by atoms with E-state index in [0.717, 1.165) is 36.0 Å². The number of ether oxygens (including phenoxy) is 2. The Labute approximate surface area is 739 Å². The molecule has 2 atom stereocenters. The summed E-state index contributed by atoms with van der Waals surface area (Å²) in [6, 6.07) is 57.4. The Balaban J connectivity index is 0.000000217. The first kappa shape index (κ1) is 100. The van der Waals surface area contributed by atoms with Crippen LogP contribution in [-0.4, -0.2) is 122 Å². The molecule has 4 amide bonds. The molecule has 3 aliphatic carbocycles. The molecule has 3 aliphatic rings. The third-order valence-electron chi connectivity index (χ3n) is 23.3. The summed E-state index contributed by atoms with van der Waals surface area (Å²) < 4.78 is 9.65. The van der Waals surface area contributed by atoms with Gasteiger partial charge in [-0.3, -0.25) is 67.1 Å². The van der Waals surface area contributed by atoms with Gasteiger partial charge in [-0.15, -0.1) is 0 Å². The van der Waals surface area contributed by atoms with Crippen molar-refractivity contribution in [1.29, 1.82) is 0 Å². The number of esters is 2. The molecule has 0 bridgehead atoms. The van der Waals surface area contributed by atoms with Crippen LogP contribution in [0.15, 0.2) is 200 Å². The first-order valence-corrected chi connectivity index (χ1v) is 42.1. The van der Waals surface area contributed by atoms with E-state index in [4.69, 9.17) is 29.9 Å². The lowest BCUT2D eigenvalue weighted by atomic mass is 9.82. The van der Waals surface area contributed by atoms with Crippen LogP contribution in [0.5, 0.6) is 0 Å². The topological polar surface area (TPSA) is 404 Å². The van der Waals surface area contributed by atoms with Crippen molar-refractivity contribution in [3.63, 3.8) is 0 Å². The second-order valence-electron chi connectivity index (χ2n) is 33.7. The van der Waals surface area contributed by atoms with E-state index >= 15 is 0 Å². The number of fused-ring (bicyclic) bond motifs is 7. The van der Waals surface area contributed by atoms with Crippen LogP contribution in [0, 0.1) is 21.7 Å². The molecule has 0 aromatic heterocycles. The summed E-state index contributed by atoms with van der Waals surface area (Å²) in [6.45, 7) is 30.7. The summed E-state index contributed by atoms with van der Waals surface area (Å²) >= 11 is 0. The minimum Gasteiger partial charge on any atom is -0.481 e. The van der Waals surface area contributed by atoms with Crippen LogP contribution in [-0.2, 0) is 48.5 Å². The number of rotatable bonds is 27. The number of hydrogen-bond acceptors (Lipinski definition) is 17. The van der Waals surface area contributed by atoms with Crippen molar-refractivity contribution in [2.45, 2.75) is 180 Å². The quantitative estimate of drug-likeness (QED) is 0.0175. The summed E-state index contributed by atoms with van der Waals surface area (Å²) in [5.74, 6) is -6.25. The zero-order valence-corrected chi connectivity index (χ0v) is 74.6. The summed E-state index contributed by atoms with van der Waals surface area (Å²) in [5.41, 5.74) is 8.71. The zero-order chi connectivity index (χ0) is 94.2. The molecule has 666 valence electrons. The number of benzene rings is 9. The lowest BCUT2D eigenvalue weighted by molar-refractivity contribution is -0.159. The molecule has 0 saturated carbocycles. The Morgan fingerprint density at radius 2 is 0.795 bits per heavy atom. The molecule has 0 saturated heterocycles. The van der Waals surface area contributed by atoms with Gasteiger partial charge in [-0.1, -0.05) is 217 Å². The first-order chi connectivity index (χ1) is 59.9. The van der Waals surface area contributed by atoms with Gasteiger partial charge in [-0.25, -0.2) is 4.79 Å². The minimum atomic E-state index is -1.12. The van der Waals surface area contributed by atoms with Crippen molar-refractivity contribution in [2.24, 2.45) is 21.7 Å². The largest absolute Gasteiger partial charge is 0.481 e. The molecule has 0 heterocycles. The highest BCUT2D eigenvalue weighted by Gasteiger charge is 2.37. The number of carboxylic acid groups (broad SMARTS) is 4. The van der Waals surface area contributed by atoms with Gasteiger partial charge in [-0.2, -0.15) is 0 Å². The maximum atomic E-state index is 13.1. The predicted molar refractivity (Wildman–Crippen MR) is 486 cm³/mol. The number of carboxylic acids is 4. The van der Waals surface area contributed by atoms with Crippen LogP contribution < -0.4 is 21.3 Å². The predicted octanol–water partition coefficient (Wildman–Crippen LogP) is 20.0. The number of carbonyl (C=O) groups is 15. The van der Waals surface area contributed by atoms with E-state index < -0.39 is 57.4 Å². The lowest BCUT2D eigenvalue weighted by Crippen LogP contribution is -2.30. The van der Waals surface area contributed by atoms with Crippen LogP contribution in [0.3, 0.4) is 0 Å². The fourth-order valence-corrected chi connectivity index (χ4v) is 12.7. The number of ketones is 5. The van der Waals surface area contributed by atoms with Crippen LogP contribution in [0.4, 0.5) is 22.7 Å². The van der Waals surface area contributed by atoms with Crippen LogP contribution in [0.2, 0.25) is 0 Å². The Hall–Kier alpha value is -14.0. The highest BCUT2D eigenvalue weighted by molar-refractivity contribution is 6.31. The molecule has 12 rings (SSSR count). The molecule has 0 radical (unpaired) electrons. The highest BCUT2D eigenvalue weighted by Crippen LogP contribution is 2.43. The van der Waals surface area contributed by atoms with Gasteiger partial charge in [0.15, 0.2) is 28.9 Å². The number of anilines is 4. The van der Waals surface area contributed by atoms with E-state index in [9.17, 15) is 71.9 Å². The molecule has 9 aromatic carbocycles. The average molecular weight is 1730 g/mol. The van der Waals surface area contributed by atoms with E-state index in [1.54, 1.807) is 148 Å². The maximum Gasteiger partial charge on any atom is 0.335 e. The Morgan fingerprint density at radius 1 is 0.362 bits per heavy atom. The number of aliphatic carboxylic acids is 3. The molecular weight excluding hydrogens is 1620 g/mol. The van der Waals surface area contributed by atoms with Crippen molar-refractivity contribution in [3.05, 3.63) is 284 Å². The van der Waals surface area contributed by atoms with E-state index in [1.165, 1.54) is 18.6 Å². The van der Waals surface area contributed by atoms with Gasteiger partial charge in [0, 0.05) is 94.7 Å². The lowest BCUT2D eigenvalue weighted by Gasteiger charge is -2.23. The van der Waals surface area contributed by atoms with Crippen molar-refractivity contribution in [1.82, 2.24) is 0 Å². The van der Waals surface area contributed by atoms with Crippen molar-refractivity contribution in [3.8, 4) is 11.1 Å². The second-order valence-corrected chi connectivity index (χ2v) is 33.7. The monoisotopic (exact) mass is 1730 g/mol. The SMILES string of the molecule is CCC(C)(C)C(=O)Nc1cccc(C(=O)Nc2ccc3c(c2)C(=O)c2ccccc2C3=O)c1.CCC(C)(C)C(=O)Nc1cccc2c1-c1ccccc1C2=O.CCC(C)(C)C(=O)OCCOC(=O)CCC(=O)O.CCC(C)(C)c1ccc(C(=O)Nc2cccc3c2C(=O)c2ccccc2C3=O)cc1.CCC(C)(CC(=O)O)C(=O)O.CCC(C)c1ccc(C(=O)O)cc1. The average Bonchev–Trinajstić information content (AvgIpc) is 1.58. The fourth-order valence-electron chi connectivity index (χ4n) is 12.7. The minimum absolute atomic E-state index is 0.0128. The number of amides is 4. The van der Waals surface area contributed by atoms with E-state index in [-0.39, 0.29) is 102 Å². The Kier molecular flexibility index (Phi) is 34.7. The molecule has 0 spiro atoms. The van der Waals surface area contributed by atoms with E-state index in [0.29, 0.717) is 109 Å². The Bertz CT molecular complexity index is 5660. The van der Waals surface area contributed by atoms with Gasteiger partial charge in [-0.05, 0) is 160 Å². The molecule has 0 fully saturated rings. The number of nitrogens with one attached hydrogen (secondary N) is 4. The fraction of sp³-hybridized carbons (Fsp3) is 0.324. The number of carbonyl (C=O) groups excluding carboxylic acids is 11. The zero-order valence-electron chi connectivity index (χ0n) is 74.6. The molecule has 8 N–H and O–H groups in total. The summed E-state index contributed by atoms with van der Waals surface area (Å²) in [4.78, 5) is 179. The maximum absolute atomic E-state index is 13.1. The van der Waals surface area contributed by atoms with Gasteiger partial charge in [0.25, 0.3) is 11.8 Å². The molecule has 9 aromatic rings. The van der Waals surface area contributed by atoms with Crippen molar-refractivity contribution < 1.29 is 102 Å². The highest BCUT2D eigenvalue weighted by atomic mass is 16.6. The van der Waals surface area contributed by atoms with Gasteiger partial charge in [0.05, 0.1) is 46.9 Å². The van der Waals surface area contributed by atoms with Gasteiger partial charge in [0.2, 0.25) is 11.8 Å². The van der Waals surface area contributed by atoms with E-state index in [2.05, 4.69) is 55.9 Å². The smallest absolute Gasteiger partial charge is 0.335 e. The van der Waals surface area contributed by atoms with Gasteiger partial charge < -0.3 is 51.2 Å². The third-order valence-corrected chi connectivity index (χ3v) is 23.3. The standard InChI is InChI=1S/C27H24N2O4.C26H23NO3.C19H19NO2.C12H20O6.C11H14O2.C7H12O4/c1-4-27(2,3)26(33)29-17-9-7-8-16(14-17)25(32)28-18-12-13-21-22(15-18)24(31)20-11-6-5-10-19(20)23(21)30;1-4-26(2,3)17-14-12-16(13-15-17)25(30)27-21-11-7-10-20-22(21)24(29)19-9-6-5-8-18(19)23(20)28;1-4-19(2,3)18(22)20-15-11-7-10-14-16(15)12-8-5-6-9-13(12)17(14)21;1-4-12(2,3)11(16)18-8-7-17-10(15)6-5-9(13)14;1-3-8(2)9-4-6-10(7-5-9)11(12)13;1-3-7(2,6(10)11)4-5(8)9/h5-15H,4H2,1-3H3,(H,28,32)(H,29,33);5-15H,4H2,1-3H3,(H,27,30);5-11H,4H2,1-3H3,(H,20,22);4-8H2,1-3H3,(H,13,14);4-8H,3H2,1-2H3,(H,12,13);3-4H2,1-2H3,(H,8,9)(H,10,11). The molecule has 25 nitrogen and oxygen atoms in total. The summed E-state index contributed by atoms with van der Waals surface area (Å²) in [5, 5.41) is 45.5. The normalized spacial score (nSPS) is 12.7. The Morgan fingerprint density at radius 3 is 1.28 bits per heavy atom. The molecule has 25 heteroatoms. The molecular formula is C102H112N4O21. The number of aromatic carboxylic acids is 1. The van der Waals surface area contributed by atoms with Crippen LogP contribution in [0.1, 0.15) is 296 Å². The van der Waals surface area contributed by atoms with Crippen LogP contribution in [0.25, 0.3) is 11.1 Å². The first-order valence-electron chi connectivity index (χ1n) is 42.1.